The van der Waals surface area contributed by atoms with Crippen LogP contribution in [0, 0.1) is 6.92 Å². The minimum atomic E-state index is 0.580. The van der Waals surface area contributed by atoms with E-state index in [1.165, 1.54) is 0 Å². The van der Waals surface area contributed by atoms with E-state index < -0.39 is 0 Å². The van der Waals surface area contributed by atoms with Crippen molar-refractivity contribution in [3.63, 3.8) is 0 Å². The van der Waals surface area contributed by atoms with Crippen LogP contribution in [0.15, 0.2) is 24.5 Å². The molecule has 78 valence electrons. The molecule has 2 aromatic rings. The normalized spacial score (nSPS) is 10.3. The summed E-state index contributed by atoms with van der Waals surface area (Å²) >= 11 is 5.91. The van der Waals surface area contributed by atoms with Crippen LogP contribution in [0.4, 0.5) is 5.82 Å². The molecule has 0 aliphatic carbocycles. The molecule has 0 saturated carbocycles. The smallest absolute Gasteiger partial charge is 0.142 e. The van der Waals surface area contributed by atoms with E-state index in [2.05, 4.69) is 15.5 Å². The van der Waals surface area contributed by atoms with Gasteiger partial charge in [0.25, 0.3) is 0 Å². The quantitative estimate of drug-likeness (QED) is 0.598. The molecule has 0 unspecified atom stereocenters. The number of aromatic nitrogens is 3. The van der Waals surface area contributed by atoms with Crippen LogP contribution in [-0.2, 0) is 0 Å². The van der Waals surface area contributed by atoms with Crippen molar-refractivity contribution < 1.29 is 0 Å². The Labute approximate surface area is 91.8 Å². The second-order valence-corrected chi connectivity index (χ2v) is 3.46. The lowest BCUT2D eigenvalue weighted by Crippen LogP contribution is -2.09. The van der Waals surface area contributed by atoms with Crippen molar-refractivity contribution in [3.05, 3.63) is 35.2 Å². The first-order chi connectivity index (χ1) is 7.20. The number of nitrogen functional groups attached to an aromatic ring is 1. The van der Waals surface area contributed by atoms with Gasteiger partial charge in [0.05, 0.1) is 16.4 Å². The Morgan fingerprint density at radius 3 is 2.93 bits per heavy atom. The number of hydrogen-bond acceptors (Lipinski definition) is 4. The molecule has 6 heteroatoms. The maximum atomic E-state index is 5.91. The molecule has 2 heterocycles. The van der Waals surface area contributed by atoms with Crippen LogP contribution in [0.2, 0.25) is 5.02 Å². The number of anilines is 1. The first-order valence-corrected chi connectivity index (χ1v) is 4.73. The number of aryl methyl sites for hydroxylation is 1. The second-order valence-electron chi connectivity index (χ2n) is 3.05. The van der Waals surface area contributed by atoms with Crippen LogP contribution >= 0.6 is 11.6 Å². The Hall–Kier alpha value is -1.59. The molecule has 0 aliphatic heterocycles. The Bertz CT molecular complexity index is 460. The van der Waals surface area contributed by atoms with Crippen molar-refractivity contribution >= 4 is 17.4 Å². The van der Waals surface area contributed by atoms with Crippen molar-refractivity contribution in [3.8, 4) is 5.69 Å². The zero-order valence-corrected chi connectivity index (χ0v) is 8.86. The molecule has 0 amide bonds. The van der Waals surface area contributed by atoms with Gasteiger partial charge in [-0.1, -0.05) is 11.6 Å². The van der Waals surface area contributed by atoms with E-state index in [0.29, 0.717) is 10.8 Å². The molecule has 15 heavy (non-hydrogen) atoms. The highest BCUT2D eigenvalue weighted by Crippen LogP contribution is 2.17. The maximum absolute atomic E-state index is 5.91. The summed E-state index contributed by atoms with van der Waals surface area (Å²) in [5.41, 5.74) is 4.12. The van der Waals surface area contributed by atoms with Crippen molar-refractivity contribution in [2.24, 2.45) is 5.84 Å². The molecule has 0 atom stereocenters. The number of nitrogens with one attached hydrogen (secondary N) is 1. The van der Waals surface area contributed by atoms with E-state index in [9.17, 15) is 0 Å². The summed E-state index contributed by atoms with van der Waals surface area (Å²) in [5.74, 6) is 5.84. The van der Waals surface area contributed by atoms with Crippen LogP contribution < -0.4 is 11.3 Å². The summed E-state index contributed by atoms with van der Waals surface area (Å²) < 4.78 is 1.68. The molecule has 5 nitrogen and oxygen atoms in total. The van der Waals surface area contributed by atoms with Gasteiger partial charge in [-0.2, -0.15) is 5.10 Å². The van der Waals surface area contributed by atoms with Gasteiger partial charge in [0.15, 0.2) is 0 Å². The zero-order valence-electron chi connectivity index (χ0n) is 8.11. The fourth-order valence-corrected chi connectivity index (χ4v) is 1.34. The minimum Gasteiger partial charge on any atom is -0.308 e. The topological polar surface area (TPSA) is 68.8 Å². The van der Waals surface area contributed by atoms with E-state index in [1.54, 1.807) is 23.1 Å². The van der Waals surface area contributed by atoms with Gasteiger partial charge in [-0.25, -0.2) is 15.5 Å². The third kappa shape index (κ3) is 1.93. The molecule has 0 fully saturated rings. The summed E-state index contributed by atoms with van der Waals surface area (Å²) in [7, 11) is 0. The summed E-state index contributed by atoms with van der Waals surface area (Å²) in [5, 5.41) is 4.88. The predicted octanol–water partition coefficient (Wildman–Crippen LogP) is 1.51. The van der Waals surface area contributed by atoms with Gasteiger partial charge >= 0.3 is 0 Å². The highest BCUT2D eigenvalue weighted by Gasteiger charge is 2.04. The van der Waals surface area contributed by atoms with Crippen LogP contribution in [0.25, 0.3) is 5.69 Å². The molecule has 0 bridgehead atoms. The first kappa shape index (κ1) is 9.95. The number of hydrogen-bond donors (Lipinski definition) is 2. The van der Waals surface area contributed by atoms with Crippen molar-refractivity contribution in [1.29, 1.82) is 0 Å². The Kier molecular flexibility index (Phi) is 2.57. The fourth-order valence-electron chi connectivity index (χ4n) is 1.21. The highest BCUT2D eigenvalue weighted by molar-refractivity contribution is 6.31. The summed E-state index contributed by atoms with van der Waals surface area (Å²) in [6.45, 7) is 1.85. The molecule has 0 spiro atoms. The standard InChI is InChI=1S/C9H10ClN5/c1-6-8(10)5-15(14-6)7-2-3-12-9(4-7)13-11/h2-5H,11H2,1H3,(H,12,13). The van der Waals surface area contributed by atoms with Crippen molar-refractivity contribution in [1.82, 2.24) is 14.8 Å². The van der Waals surface area contributed by atoms with Crippen molar-refractivity contribution in [2.75, 3.05) is 5.43 Å². The van der Waals surface area contributed by atoms with Gasteiger partial charge in [-0.05, 0) is 13.0 Å². The minimum absolute atomic E-state index is 0.580. The maximum Gasteiger partial charge on any atom is 0.142 e. The van der Waals surface area contributed by atoms with Gasteiger partial charge in [-0.15, -0.1) is 0 Å². The summed E-state index contributed by atoms with van der Waals surface area (Å²) in [4.78, 5) is 4.00. The first-order valence-electron chi connectivity index (χ1n) is 4.35. The predicted molar refractivity (Wildman–Crippen MR) is 58.9 cm³/mol. The lowest BCUT2D eigenvalue weighted by atomic mass is 10.4. The SMILES string of the molecule is Cc1nn(-c2ccnc(NN)c2)cc1Cl. The Balaban J connectivity index is 2.44. The number of hydrazine groups is 1. The lowest BCUT2D eigenvalue weighted by Gasteiger charge is -2.03. The molecule has 0 radical (unpaired) electrons. The van der Waals surface area contributed by atoms with Gasteiger partial charge in [-0.3, -0.25) is 0 Å². The molecular formula is C9H10ClN5. The number of pyridine rings is 1. The van der Waals surface area contributed by atoms with Gasteiger partial charge in [0.2, 0.25) is 0 Å². The Morgan fingerprint density at radius 2 is 2.33 bits per heavy atom. The van der Waals surface area contributed by atoms with Crippen LogP contribution in [0.3, 0.4) is 0 Å². The van der Waals surface area contributed by atoms with Crippen LogP contribution in [0.5, 0.6) is 0 Å². The van der Waals surface area contributed by atoms with Gasteiger partial charge < -0.3 is 5.43 Å². The molecule has 3 N–H and O–H groups in total. The monoisotopic (exact) mass is 223 g/mol. The van der Waals surface area contributed by atoms with E-state index >= 15 is 0 Å². The summed E-state index contributed by atoms with van der Waals surface area (Å²) in [6.07, 6.45) is 3.39. The van der Waals surface area contributed by atoms with E-state index in [1.807, 2.05) is 13.0 Å². The molecule has 0 saturated heterocycles. The van der Waals surface area contributed by atoms with E-state index in [-0.39, 0.29) is 0 Å². The number of rotatable bonds is 2. The van der Waals surface area contributed by atoms with E-state index in [4.69, 9.17) is 17.4 Å². The third-order valence-corrected chi connectivity index (χ3v) is 2.37. The molecule has 2 aromatic heterocycles. The fraction of sp³-hybridized carbons (Fsp3) is 0.111. The average Bonchev–Trinajstić information content (AvgIpc) is 2.59. The zero-order chi connectivity index (χ0) is 10.8. The molecule has 2 rings (SSSR count). The lowest BCUT2D eigenvalue weighted by molar-refractivity contribution is 0.860. The van der Waals surface area contributed by atoms with Crippen LogP contribution in [-0.4, -0.2) is 14.8 Å². The van der Waals surface area contributed by atoms with E-state index in [0.717, 1.165) is 11.4 Å². The number of nitrogens with two attached hydrogens (primary N) is 1. The Morgan fingerprint density at radius 1 is 1.53 bits per heavy atom. The highest BCUT2D eigenvalue weighted by atomic mass is 35.5. The van der Waals surface area contributed by atoms with Crippen LogP contribution in [0.1, 0.15) is 5.69 Å². The second kappa shape index (κ2) is 3.88. The molecule has 0 aromatic carbocycles. The van der Waals surface area contributed by atoms with Gasteiger partial charge in [0.1, 0.15) is 5.82 Å². The molecular weight excluding hydrogens is 214 g/mol. The molecule has 0 aliphatic rings. The average molecular weight is 224 g/mol. The number of halogens is 1. The summed E-state index contributed by atoms with van der Waals surface area (Å²) in [6, 6.07) is 3.60. The third-order valence-electron chi connectivity index (χ3n) is 1.99. The van der Waals surface area contributed by atoms with Gasteiger partial charge in [0, 0.05) is 18.5 Å². The largest absolute Gasteiger partial charge is 0.308 e. The van der Waals surface area contributed by atoms with Crippen molar-refractivity contribution in [2.45, 2.75) is 6.92 Å². The number of nitrogens with zero attached hydrogens (tertiary/aromatic N) is 3.